The van der Waals surface area contributed by atoms with Crippen LogP contribution in [-0.4, -0.2) is 19.5 Å². The third kappa shape index (κ3) is 3.17. The second-order valence-corrected chi connectivity index (χ2v) is 6.42. The lowest BCUT2D eigenvalue weighted by molar-refractivity contribution is 0.0697. The first-order chi connectivity index (χ1) is 9.40. The minimum Gasteiger partial charge on any atom is -0.478 e. The van der Waals surface area contributed by atoms with Crippen LogP contribution in [0.25, 0.3) is 0 Å². The molecule has 0 aliphatic carbocycles. The van der Waals surface area contributed by atoms with Crippen LogP contribution >= 0.6 is 15.9 Å². The number of benzene rings is 2. The van der Waals surface area contributed by atoms with Gasteiger partial charge in [-0.15, -0.1) is 0 Å². The second-order valence-electron chi connectivity index (χ2n) is 3.92. The average molecular weight is 356 g/mol. The predicted molar refractivity (Wildman–Crippen MR) is 78.4 cm³/mol. The molecule has 0 amide bonds. The molecule has 0 heterocycles. The quantitative estimate of drug-likeness (QED) is 0.882. The van der Waals surface area contributed by atoms with E-state index in [1.165, 1.54) is 30.3 Å². The van der Waals surface area contributed by atoms with Gasteiger partial charge in [-0.3, -0.25) is 4.72 Å². The van der Waals surface area contributed by atoms with Crippen LogP contribution in [-0.2, 0) is 10.0 Å². The van der Waals surface area contributed by atoms with Crippen LogP contribution in [0.3, 0.4) is 0 Å². The molecule has 0 fully saturated rings. The van der Waals surface area contributed by atoms with Gasteiger partial charge in [0.05, 0.1) is 5.56 Å². The standard InChI is InChI=1S/C13H10BrNO4S/c14-11-3-1-2-4-12(11)20(18,19)15-10-7-5-9(6-8-10)13(16)17/h1-8,15H,(H,16,17). The van der Waals surface area contributed by atoms with Crippen LogP contribution in [0.4, 0.5) is 5.69 Å². The number of hydrogen-bond donors (Lipinski definition) is 2. The van der Waals surface area contributed by atoms with Crippen LogP contribution in [0, 0.1) is 0 Å². The van der Waals surface area contributed by atoms with E-state index in [9.17, 15) is 13.2 Å². The van der Waals surface area contributed by atoms with Crippen molar-refractivity contribution in [2.45, 2.75) is 4.90 Å². The van der Waals surface area contributed by atoms with Crippen LogP contribution in [0.15, 0.2) is 57.9 Å². The lowest BCUT2D eigenvalue weighted by Crippen LogP contribution is -2.13. The molecular weight excluding hydrogens is 346 g/mol. The number of sulfonamides is 1. The average Bonchev–Trinajstić information content (AvgIpc) is 2.39. The van der Waals surface area contributed by atoms with E-state index in [0.717, 1.165) is 0 Å². The molecule has 20 heavy (non-hydrogen) atoms. The molecule has 0 atom stereocenters. The summed E-state index contributed by atoms with van der Waals surface area (Å²) in [5.74, 6) is -1.06. The van der Waals surface area contributed by atoms with Crippen molar-refractivity contribution in [2.75, 3.05) is 4.72 Å². The Bertz CT molecular complexity index is 741. The van der Waals surface area contributed by atoms with Crippen molar-refractivity contribution in [1.82, 2.24) is 0 Å². The molecule has 104 valence electrons. The van der Waals surface area contributed by atoms with Gasteiger partial charge in [0.15, 0.2) is 0 Å². The summed E-state index contributed by atoms with van der Waals surface area (Å²) in [5.41, 5.74) is 0.389. The van der Waals surface area contributed by atoms with E-state index in [1.54, 1.807) is 18.2 Å². The molecule has 0 saturated heterocycles. The highest BCUT2D eigenvalue weighted by Crippen LogP contribution is 2.23. The predicted octanol–water partition coefficient (Wildman–Crippen LogP) is 2.95. The van der Waals surface area contributed by atoms with Crippen LogP contribution < -0.4 is 4.72 Å². The van der Waals surface area contributed by atoms with E-state index in [2.05, 4.69) is 20.7 Å². The Kier molecular flexibility index (Phi) is 4.10. The first-order valence-corrected chi connectivity index (χ1v) is 7.78. The number of rotatable bonds is 4. The minimum atomic E-state index is -3.72. The van der Waals surface area contributed by atoms with Crippen molar-refractivity contribution < 1.29 is 18.3 Å². The molecule has 0 unspecified atom stereocenters. The van der Waals surface area contributed by atoms with E-state index < -0.39 is 16.0 Å². The zero-order valence-corrected chi connectivity index (χ0v) is 12.5. The van der Waals surface area contributed by atoms with Gasteiger partial charge in [-0.2, -0.15) is 0 Å². The van der Waals surface area contributed by atoms with Gasteiger partial charge in [-0.1, -0.05) is 12.1 Å². The van der Waals surface area contributed by atoms with Gasteiger partial charge in [0.2, 0.25) is 0 Å². The third-order valence-corrected chi connectivity index (χ3v) is 4.90. The van der Waals surface area contributed by atoms with Crippen molar-refractivity contribution in [3.8, 4) is 0 Å². The molecule has 2 aromatic rings. The van der Waals surface area contributed by atoms with Gasteiger partial charge in [0, 0.05) is 10.2 Å². The summed E-state index contributed by atoms with van der Waals surface area (Å²) < 4.78 is 27.2. The van der Waals surface area contributed by atoms with E-state index in [-0.39, 0.29) is 10.5 Å². The molecule has 0 radical (unpaired) electrons. The highest BCUT2D eigenvalue weighted by Gasteiger charge is 2.17. The maximum atomic E-state index is 12.2. The first-order valence-electron chi connectivity index (χ1n) is 5.51. The van der Waals surface area contributed by atoms with E-state index >= 15 is 0 Å². The summed E-state index contributed by atoms with van der Waals surface area (Å²) in [5, 5.41) is 8.78. The molecule has 7 heteroatoms. The van der Waals surface area contributed by atoms with Crippen molar-refractivity contribution >= 4 is 37.6 Å². The van der Waals surface area contributed by atoms with Gasteiger partial charge in [-0.05, 0) is 52.3 Å². The Morgan fingerprint density at radius 3 is 2.20 bits per heavy atom. The Balaban J connectivity index is 2.29. The van der Waals surface area contributed by atoms with E-state index in [4.69, 9.17) is 5.11 Å². The topological polar surface area (TPSA) is 83.5 Å². The van der Waals surface area contributed by atoms with Crippen molar-refractivity contribution in [3.05, 3.63) is 58.6 Å². The Morgan fingerprint density at radius 1 is 1.05 bits per heavy atom. The fourth-order valence-corrected chi connectivity index (χ4v) is 3.62. The minimum absolute atomic E-state index is 0.0915. The number of aromatic carboxylic acids is 1. The van der Waals surface area contributed by atoms with Crippen molar-refractivity contribution in [2.24, 2.45) is 0 Å². The van der Waals surface area contributed by atoms with Gasteiger partial charge < -0.3 is 5.11 Å². The van der Waals surface area contributed by atoms with Crippen LogP contribution in [0.5, 0.6) is 0 Å². The number of carboxylic acids is 1. The first kappa shape index (κ1) is 14.5. The number of nitrogens with one attached hydrogen (secondary N) is 1. The summed E-state index contributed by atoms with van der Waals surface area (Å²) in [4.78, 5) is 10.8. The SMILES string of the molecule is O=C(O)c1ccc(NS(=O)(=O)c2ccccc2Br)cc1. The summed E-state index contributed by atoms with van der Waals surface area (Å²) >= 11 is 3.18. The molecule has 0 aliphatic rings. The number of halogens is 1. The molecule has 0 aliphatic heterocycles. The number of hydrogen-bond acceptors (Lipinski definition) is 3. The van der Waals surface area contributed by atoms with E-state index in [0.29, 0.717) is 10.2 Å². The van der Waals surface area contributed by atoms with Gasteiger partial charge in [0.1, 0.15) is 4.90 Å². The number of carbonyl (C=O) groups is 1. The highest BCUT2D eigenvalue weighted by molar-refractivity contribution is 9.10. The maximum Gasteiger partial charge on any atom is 0.335 e. The lowest BCUT2D eigenvalue weighted by atomic mass is 10.2. The number of anilines is 1. The Hall–Kier alpha value is -1.86. The zero-order valence-electron chi connectivity index (χ0n) is 10.1. The molecule has 5 nitrogen and oxygen atoms in total. The largest absolute Gasteiger partial charge is 0.478 e. The summed E-state index contributed by atoms with van der Waals surface area (Å²) in [7, 11) is -3.72. The molecule has 0 spiro atoms. The van der Waals surface area contributed by atoms with Crippen LogP contribution in [0.1, 0.15) is 10.4 Å². The molecule has 0 bridgehead atoms. The summed E-state index contributed by atoms with van der Waals surface area (Å²) in [6.45, 7) is 0. The third-order valence-electron chi connectivity index (χ3n) is 2.51. The monoisotopic (exact) mass is 355 g/mol. The van der Waals surface area contributed by atoms with Gasteiger partial charge in [-0.25, -0.2) is 13.2 Å². The molecule has 0 aromatic heterocycles. The van der Waals surface area contributed by atoms with Gasteiger partial charge in [0.25, 0.3) is 10.0 Å². The molecule has 2 N–H and O–H groups in total. The summed E-state index contributed by atoms with van der Waals surface area (Å²) in [6.07, 6.45) is 0. The summed E-state index contributed by atoms with van der Waals surface area (Å²) in [6, 6.07) is 11.9. The smallest absolute Gasteiger partial charge is 0.335 e. The Labute approximate surface area is 124 Å². The molecule has 2 aromatic carbocycles. The molecule has 0 saturated carbocycles. The molecular formula is C13H10BrNO4S. The zero-order chi connectivity index (χ0) is 14.8. The normalized spacial score (nSPS) is 11.1. The fraction of sp³-hybridized carbons (Fsp3) is 0. The fourth-order valence-electron chi connectivity index (χ4n) is 1.55. The Morgan fingerprint density at radius 2 is 1.65 bits per heavy atom. The van der Waals surface area contributed by atoms with E-state index in [1.807, 2.05) is 0 Å². The van der Waals surface area contributed by atoms with Crippen molar-refractivity contribution in [3.63, 3.8) is 0 Å². The maximum absolute atomic E-state index is 12.2. The molecule has 2 rings (SSSR count). The number of carboxylic acid groups (broad SMARTS) is 1. The van der Waals surface area contributed by atoms with Crippen molar-refractivity contribution in [1.29, 1.82) is 0 Å². The lowest BCUT2D eigenvalue weighted by Gasteiger charge is -2.09. The van der Waals surface area contributed by atoms with Crippen LogP contribution in [0.2, 0.25) is 0 Å². The van der Waals surface area contributed by atoms with Gasteiger partial charge >= 0.3 is 5.97 Å². The highest BCUT2D eigenvalue weighted by atomic mass is 79.9. The second kappa shape index (κ2) is 5.64.